The first-order valence-electron chi connectivity index (χ1n) is 9.65. The lowest BCUT2D eigenvalue weighted by Crippen LogP contribution is -2.10. The number of nitrogens with zero attached hydrogens (tertiary/aromatic N) is 3. The van der Waals surface area contributed by atoms with Crippen molar-refractivity contribution in [2.45, 2.75) is 13.2 Å². The highest BCUT2D eigenvalue weighted by Gasteiger charge is 2.05. The summed E-state index contributed by atoms with van der Waals surface area (Å²) in [5.41, 5.74) is 1.89. The van der Waals surface area contributed by atoms with E-state index in [2.05, 4.69) is 10.3 Å². The molecule has 0 amide bonds. The van der Waals surface area contributed by atoms with E-state index in [0.717, 1.165) is 5.56 Å². The predicted molar refractivity (Wildman–Crippen MR) is 115 cm³/mol. The number of aromatic hydroxyl groups is 2. The van der Waals surface area contributed by atoms with Crippen molar-refractivity contribution in [3.05, 3.63) is 83.7 Å². The second kappa shape index (κ2) is 11.1. The Morgan fingerprint density at radius 2 is 1.62 bits per heavy atom. The number of aromatic nitrogens is 3. The Bertz CT molecular complexity index is 1120. The van der Waals surface area contributed by atoms with Gasteiger partial charge in [0, 0.05) is 12.2 Å². The fourth-order valence-electron chi connectivity index (χ4n) is 2.53. The summed E-state index contributed by atoms with van der Waals surface area (Å²) in [6, 6.07) is 13.6. The number of phenolic OH excluding ortho intramolecular Hbond substituents is 2. The van der Waals surface area contributed by atoms with Gasteiger partial charge < -0.3 is 19.7 Å². The van der Waals surface area contributed by atoms with Crippen molar-refractivity contribution in [3.8, 4) is 11.5 Å². The number of rotatable bonds is 9. The van der Waals surface area contributed by atoms with Crippen molar-refractivity contribution >= 4 is 24.1 Å². The average Bonchev–Trinajstić information content (AvgIpc) is 3.25. The maximum Gasteiger partial charge on any atom is 0.331 e. The molecule has 1 aromatic heterocycles. The summed E-state index contributed by atoms with van der Waals surface area (Å²) >= 11 is 0. The third kappa shape index (κ3) is 7.13. The van der Waals surface area contributed by atoms with E-state index in [9.17, 15) is 19.8 Å². The molecule has 0 aliphatic heterocycles. The second-order valence-corrected chi connectivity index (χ2v) is 6.57. The van der Waals surface area contributed by atoms with Crippen molar-refractivity contribution in [2.24, 2.45) is 0 Å². The van der Waals surface area contributed by atoms with E-state index in [1.807, 2.05) is 30.3 Å². The van der Waals surface area contributed by atoms with Crippen LogP contribution in [0.15, 0.2) is 66.9 Å². The minimum atomic E-state index is -0.572. The molecule has 32 heavy (non-hydrogen) atoms. The molecular weight excluding hydrogens is 414 g/mol. The zero-order valence-corrected chi connectivity index (χ0v) is 17.0. The summed E-state index contributed by atoms with van der Waals surface area (Å²) < 4.78 is 11.7. The van der Waals surface area contributed by atoms with Crippen molar-refractivity contribution in [3.63, 3.8) is 0 Å². The molecule has 3 aromatic rings. The molecule has 2 N–H and O–H groups in total. The van der Waals surface area contributed by atoms with Crippen molar-refractivity contribution in [1.29, 1.82) is 0 Å². The van der Waals surface area contributed by atoms with E-state index in [0.29, 0.717) is 11.3 Å². The van der Waals surface area contributed by atoms with Gasteiger partial charge in [0.05, 0.1) is 12.7 Å². The Labute approximate surface area is 183 Å². The highest BCUT2D eigenvalue weighted by Crippen LogP contribution is 2.25. The first kappa shape index (κ1) is 22.3. The number of benzene rings is 2. The fourth-order valence-corrected chi connectivity index (χ4v) is 2.53. The third-order valence-electron chi connectivity index (χ3n) is 4.14. The molecule has 3 rings (SSSR count). The molecule has 0 saturated heterocycles. The number of hydrogen-bond donors (Lipinski definition) is 2. The molecule has 9 nitrogen and oxygen atoms in total. The van der Waals surface area contributed by atoms with E-state index in [1.165, 1.54) is 35.0 Å². The number of hydrogen-bond acceptors (Lipinski definition) is 8. The van der Waals surface area contributed by atoms with Crippen LogP contribution in [0.4, 0.5) is 0 Å². The van der Waals surface area contributed by atoms with Crippen LogP contribution < -0.4 is 0 Å². The zero-order chi connectivity index (χ0) is 22.8. The Morgan fingerprint density at radius 3 is 2.38 bits per heavy atom. The Balaban J connectivity index is 1.38. The van der Waals surface area contributed by atoms with Gasteiger partial charge in [-0.05, 0) is 35.4 Å². The maximum absolute atomic E-state index is 11.8. The molecule has 0 aliphatic rings. The molecule has 0 saturated carbocycles. The van der Waals surface area contributed by atoms with Crippen molar-refractivity contribution < 1.29 is 29.3 Å². The molecule has 0 bridgehead atoms. The summed E-state index contributed by atoms with van der Waals surface area (Å²) in [6.07, 6.45) is 7.26. The molecule has 0 unspecified atom stereocenters. The first-order valence-corrected chi connectivity index (χ1v) is 9.65. The van der Waals surface area contributed by atoms with Gasteiger partial charge in [0.2, 0.25) is 0 Å². The molecule has 0 spiro atoms. The fraction of sp³-hybridized carbons (Fsp3) is 0.130. The molecular formula is C23H21N3O6. The average molecular weight is 435 g/mol. The molecule has 0 aliphatic carbocycles. The number of esters is 2. The van der Waals surface area contributed by atoms with Gasteiger partial charge in [0.1, 0.15) is 18.9 Å². The summed E-state index contributed by atoms with van der Waals surface area (Å²) in [5, 5.41) is 26.5. The van der Waals surface area contributed by atoms with E-state index in [-0.39, 0.29) is 31.3 Å². The van der Waals surface area contributed by atoms with Crippen LogP contribution >= 0.6 is 0 Å². The normalized spacial score (nSPS) is 11.1. The number of phenols is 2. The Morgan fingerprint density at radius 1 is 0.906 bits per heavy atom. The number of carbonyl (C=O) groups excluding carboxylic acids is 2. The highest BCUT2D eigenvalue weighted by molar-refractivity contribution is 5.87. The van der Waals surface area contributed by atoms with Gasteiger partial charge in [-0.1, -0.05) is 41.6 Å². The van der Waals surface area contributed by atoms with E-state index in [4.69, 9.17) is 9.47 Å². The van der Waals surface area contributed by atoms with E-state index in [1.54, 1.807) is 18.3 Å². The van der Waals surface area contributed by atoms with Crippen LogP contribution in [0, 0.1) is 0 Å². The smallest absolute Gasteiger partial charge is 0.331 e. The van der Waals surface area contributed by atoms with Gasteiger partial charge in [0.15, 0.2) is 11.5 Å². The van der Waals surface area contributed by atoms with Gasteiger partial charge in [-0.3, -0.25) is 0 Å². The predicted octanol–water partition coefficient (Wildman–Crippen LogP) is 2.70. The lowest BCUT2D eigenvalue weighted by Gasteiger charge is -2.02. The standard InChI is InChI=1S/C23H21N3O6/c27-20-9-6-18(14-21(20)28)8-11-22(29)31-13-12-26-15-19(24-25-26)16-32-23(30)10-7-17-4-2-1-3-5-17/h1-11,14-15,27-28H,12-13,16H2/b10-7+,11-8+. The summed E-state index contributed by atoms with van der Waals surface area (Å²) in [6.45, 7) is 0.306. The lowest BCUT2D eigenvalue weighted by atomic mass is 10.2. The first-order chi connectivity index (χ1) is 15.5. The van der Waals surface area contributed by atoms with Crippen LogP contribution in [0.5, 0.6) is 11.5 Å². The number of carbonyl (C=O) groups is 2. The Kier molecular flexibility index (Phi) is 7.74. The van der Waals surface area contributed by atoms with Crippen molar-refractivity contribution in [1.82, 2.24) is 15.0 Å². The van der Waals surface area contributed by atoms with Gasteiger partial charge in [0.25, 0.3) is 0 Å². The molecule has 164 valence electrons. The van der Waals surface area contributed by atoms with Crippen LogP contribution in [0.3, 0.4) is 0 Å². The van der Waals surface area contributed by atoms with Crippen LogP contribution in [0.2, 0.25) is 0 Å². The molecule has 1 heterocycles. The zero-order valence-electron chi connectivity index (χ0n) is 17.0. The quantitative estimate of drug-likeness (QED) is 0.299. The molecule has 2 aromatic carbocycles. The van der Waals surface area contributed by atoms with Gasteiger partial charge >= 0.3 is 11.9 Å². The minimum absolute atomic E-state index is 0.0278. The molecule has 9 heteroatoms. The largest absolute Gasteiger partial charge is 0.504 e. The van der Waals surface area contributed by atoms with Gasteiger partial charge in [-0.15, -0.1) is 5.10 Å². The van der Waals surface area contributed by atoms with E-state index >= 15 is 0 Å². The van der Waals surface area contributed by atoms with Gasteiger partial charge in [-0.25, -0.2) is 14.3 Å². The lowest BCUT2D eigenvalue weighted by molar-refractivity contribution is -0.139. The highest BCUT2D eigenvalue weighted by atomic mass is 16.5. The topological polar surface area (TPSA) is 124 Å². The second-order valence-electron chi connectivity index (χ2n) is 6.57. The van der Waals surface area contributed by atoms with Crippen LogP contribution in [-0.4, -0.2) is 43.8 Å². The molecule has 0 fully saturated rings. The van der Waals surface area contributed by atoms with Crippen LogP contribution in [0.25, 0.3) is 12.2 Å². The minimum Gasteiger partial charge on any atom is -0.504 e. The Hall–Kier alpha value is -4.40. The number of ether oxygens (including phenoxy) is 2. The third-order valence-corrected chi connectivity index (χ3v) is 4.14. The maximum atomic E-state index is 11.8. The summed E-state index contributed by atoms with van der Waals surface area (Å²) in [7, 11) is 0. The molecule has 0 radical (unpaired) electrons. The van der Waals surface area contributed by atoms with Crippen LogP contribution in [0.1, 0.15) is 16.8 Å². The molecule has 0 atom stereocenters. The summed E-state index contributed by atoms with van der Waals surface area (Å²) in [5.74, 6) is -1.58. The van der Waals surface area contributed by atoms with E-state index < -0.39 is 11.9 Å². The van der Waals surface area contributed by atoms with Gasteiger partial charge in [-0.2, -0.15) is 0 Å². The monoisotopic (exact) mass is 435 g/mol. The summed E-state index contributed by atoms with van der Waals surface area (Å²) in [4.78, 5) is 23.6. The SMILES string of the molecule is O=C(/C=C/c1ccc(O)c(O)c1)OCCn1cc(COC(=O)/C=C/c2ccccc2)nn1. The van der Waals surface area contributed by atoms with Crippen molar-refractivity contribution in [2.75, 3.05) is 6.61 Å². The van der Waals surface area contributed by atoms with Crippen LogP contribution in [-0.2, 0) is 32.2 Å².